The van der Waals surface area contributed by atoms with Crippen LogP contribution in [-0.2, 0) is 11.3 Å². The summed E-state index contributed by atoms with van der Waals surface area (Å²) in [4.78, 5) is 18.3. The van der Waals surface area contributed by atoms with Crippen LogP contribution >= 0.6 is 49.9 Å². The third-order valence-electron chi connectivity index (χ3n) is 3.02. The number of hydrogen-bond acceptors (Lipinski definition) is 9. The van der Waals surface area contributed by atoms with Crippen molar-refractivity contribution < 1.29 is 13.9 Å². The molecule has 0 amide bonds. The van der Waals surface area contributed by atoms with Crippen molar-refractivity contribution in [1.82, 2.24) is 15.2 Å². The average Bonchev–Trinajstić information content (AvgIpc) is 3.38. The molecule has 0 saturated carbocycles. The van der Waals surface area contributed by atoms with Crippen LogP contribution in [0.5, 0.6) is 0 Å². The molecule has 0 atom stereocenters. The quantitative estimate of drug-likeness (QED) is 0.391. The molecular formula is C15H8BrN3O3S3. The fourth-order valence-electron chi connectivity index (χ4n) is 1.92. The lowest BCUT2D eigenvalue weighted by atomic mass is 10.4. The van der Waals surface area contributed by atoms with Gasteiger partial charge in [0.05, 0.1) is 13.5 Å². The van der Waals surface area contributed by atoms with E-state index in [1.807, 2.05) is 29.6 Å². The van der Waals surface area contributed by atoms with E-state index >= 15 is 0 Å². The summed E-state index contributed by atoms with van der Waals surface area (Å²) < 4.78 is 11.7. The molecule has 126 valence electrons. The molecule has 0 aromatic carbocycles. The smallest absolute Gasteiger partial charge is 0.358 e. The Bertz CT molecular complexity index is 1010. The van der Waals surface area contributed by atoms with Crippen molar-refractivity contribution in [3.8, 4) is 20.7 Å². The first kappa shape index (κ1) is 16.6. The normalized spacial score (nSPS) is 10.9. The van der Waals surface area contributed by atoms with E-state index in [0.717, 1.165) is 18.5 Å². The minimum Gasteiger partial charge on any atom is -0.451 e. The lowest BCUT2D eigenvalue weighted by Crippen LogP contribution is -2.05. The third kappa shape index (κ3) is 3.71. The third-order valence-corrected chi connectivity index (χ3v) is 6.52. The Morgan fingerprint density at radius 3 is 2.88 bits per heavy atom. The van der Waals surface area contributed by atoms with E-state index in [1.54, 1.807) is 16.7 Å². The van der Waals surface area contributed by atoms with Crippen LogP contribution in [0.3, 0.4) is 0 Å². The van der Waals surface area contributed by atoms with Crippen LogP contribution < -0.4 is 0 Å². The minimum atomic E-state index is -0.516. The molecule has 0 aliphatic rings. The van der Waals surface area contributed by atoms with Gasteiger partial charge in [0.2, 0.25) is 0 Å². The number of halogens is 1. The van der Waals surface area contributed by atoms with E-state index < -0.39 is 5.97 Å². The monoisotopic (exact) mass is 453 g/mol. The lowest BCUT2D eigenvalue weighted by Gasteiger charge is -1.98. The largest absolute Gasteiger partial charge is 0.451 e. The predicted octanol–water partition coefficient (Wildman–Crippen LogP) is 5.10. The number of ether oxygens (including phenoxy) is 1. The van der Waals surface area contributed by atoms with Gasteiger partial charge in [-0.1, -0.05) is 6.07 Å². The fraction of sp³-hybridized carbons (Fsp3) is 0.0667. The minimum absolute atomic E-state index is 0.0930. The zero-order valence-corrected chi connectivity index (χ0v) is 16.4. The van der Waals surface area contributed by atoms with Crippen LogP contribution in [-0.4, -0.2) is 21.2 Å². The summed E-state index contributed by atoms with van der Waals surface area (Å²) in [6, 6.07) is 7.68. The van der Waals surface area contributed by atoms with Gasteiger partial charge >= 0.3 is 5.97 Å². The predicted molar refractivity (Wildman–Crippen MR) is 99.9 cm³/mol. The van der Waals surface area contributed by atoms with E-state index in [0.29, 0.717) is 5.89 Å². The van der Waals surface area contributed by atoms with Gasteiger partial charge in [-0.3, -0.25) is 0 Å². The SMILES string of the molecule is O=C(OCc1nnc(-c2ccc(Br)s2)o1)c1csc(-c2cccs2)n1. The van der Waals surface area contributed by atoms with Gasteiger partial charge in [0, 0.05) is 5.38 Å². The van der Waals surface area contributed by atoms with E-state index in [2.05, 4.69) is 31.1 Å². The molecule has 0 aliphatic carbocycles. The number of aromatic nitrogens is 3. The van der Waals surface area contributed by atoms with Gasteiger partial charge in [0.25, 0.3) is 11.8 Å². The highest BCUT2D eigenvalue weighted by Gasteiger charge is 2.16. The Labute approximate surface area is 162 Å². The summed E-state index contributed by atoms with van der Waals surface area (Å²) in [6.45, 7) is -0.0930. The second-order valence-corrected chi connectivity index (χ2v) is 8.96. The Balaban J connectivity index is 1.40. The molecule has 0 fully saturated rings. The molecule has 0 radical (unpaired) electrons. The van der Waals surface area contributed by atoms with Crippen molar-refractivity contribution in [2.75, 3.05) is 0 Å². The highest BCUT2D eigenvalue weighted by Crippen LogP contribution is 2.30. The first-order valence-corrected chi connectivity index (χ1v) is 10.3. The molecule has 0 spiro atoms. The molecule has 4 aromatic rings. The summed E-state index contributed by atoms with van der Waals surface area (Å²) >= 11 is 7.84. The molecular weight excluding hydrogens is 446 g/mol. The van der Waals surface area contributed by atoms with Gasteiger partial charge in [-0.25, -0.2) is 9.78 Å². The van der Waals surface area contributed by atoms with E-state index in [9.17, 15) is 4.79 Å². The molecule has 0 bridgehead atoms. The van der Waals surface area contributed by atoms with Crippen molar-refractivity contribution >= 4 is 55.9 Å². The van der Waals surface area contributed by atoms with Crippen LogP contribution in [0.2, 0.25) is 0 Å². The van der Waals surface area contributed by atoms with Gasteiger partial charge in [-0.15, -0.1) is 44.2 Å². The molecule has 4 rings (SSSR count). The fourth-order valence-corrected chi connectivity index (χ4v) is 4.83. The number of carbonyl (C=O) groups excluding carboxylic acids is 1. The molecule has 10 heteroatoms. The Hall–Kier alpha value is -1.88. The summed E-state index contributed by atoms with van der Waals surface area (Å²) in [7, 11) is 0. The van der Waals surface area contributed by atoms with E-state index in [4.69, 9.17) is 9.15 Å². The first-order chi connectivity index (χ1) is 12.2. The van der Waals surface area contributed by atoms with Gasteiger partial charge in [0.1, 0.15) is 5.01 Å². The summed E-state index contributed by atoms with van der Waals surface area (Å²) in [6.07, 6.45) is 0. The molecule has 0 saturated heterocycles. The van der Waals surface area contributed by atoms with Crippen LogP contribution in [0.1, 0.15) is 16.4 Å². The molecule has 4 aromatic heterocycles. The van der Waals surface area contributed by atoms with Gasteiger partial charge in [-0.2, -0.15) is 0 Å². The van der Waals surface area contributed by atoms with Gasteiger partial charge in [-0.05, 0) is 39.5 Å². The topological polar surface area (TPSA) is 78.1 Å². The number of thiophene rings is 2. The van der Waals surface area contributed by atoms with E-state index in [1.165, 1.54) is 22.7 Å². The number of nitrogens with zero attached hydrogens (tertiary/aromatic N) is 3. The van der Waals surface area contributed by atoms with Crippen LogP contribution in [0.4, 0.5) is 0 Å². The Morgan fingerprint density at radius 2 is 2.12 bits per heavy atom. The van der Waals surface area contributed by atoms with Gasteiger partial charge < -0.3 is 9.15 Å². The van der Waals surface area contributed by atoms with Crippen molar-refractivity contribution in [2.24, 2.45) is 0 Å². The summed E-state index contributed by atoms with van der Waals surface area (Å²) in [5.41, 5.74) is 0.273. The molecule has 25 heavy (non-hydrogen) atoms. The second-order valence-electron chi connectivity index (χ2n) is 4.70. The average molecular weight is 454 g/mol. The Kier molecular flexibility index (Phi) is 4.75. The molecule has 0 aliphatic heterocycles. The number of esters is 1. The van der Waals surface area contributed by atoms with Crippen molar-refractivity contribution in [3.63, 3.8) is 0 Å². The molecule has 6 nitrogen and oxygen atoms in total. The zero-order chi connectivity index (χ0) is 17.2. The van der Waals surface area contributed by atoms with E-state index in [-0.39, 0.29) is 18.2 Å². The van der Waals surface area contributed by atoms with Crippen LogP contribution in [0.15, 0.2) is 43.2 Å². The number of carbonyl (C=O) groups is 1. The highest BCUT2D eigenvalue weighted by molar-refractivity contribution is 9.11. The highest BCUT2D eigenvalue weighted by atomic mass is 79.9. The van der Waals surface area contributed by atoms with Crippen molar-refractivity contribution in [1.29, 1.82) is 0 Å². The number of rotatable bonds is 5. The molecule has 4 heterocycles. The van der Waals surface area contributed by atoms with Crippen molar-refractivity contribution in [3.05, 3.63) is 50.4 Å². The number of thiazole rings is 1. The maximum Gasteiger partial charge on any atom is 0.358 e. The van der Waals surface area contributed by atoms with Crippen molar-refractivity contribution in [2.45, 2.75) is 6.61 Å². The summed E-state index contributed by atoms with van der Waals surface area (Å²) in [5.74, 6) is 0.120. The first-order valence-electron chi connectivity index (χ1n) is 6.93. The maximum atomic E-state index is 12.1. The standard InChI is InChI=1S/C15H8BrN3O3S3/c16-11-4-3-9(25-11)13-19-18-12(22-13)6-21-15(20)8-7-24-14(17-8)10-2-1-5-23-10/h1-5,7H,6H2. The summed E-state index contributed by atoms with van der Waals surface area (Å²) in [5, 5.41) is 12.3. The Morgan fingerprint density at radius 1 is 1.20 bits per heavy atom. The maximum absolute atomic E-state index is 12.1. The van der Waals surface area contributed by atoms with Gasteiger partial charge in [0.15, 0.2) is 12.3 Å². The molecule has 0 N–H and O–H groups in total. The second kappa shape index (κ2) is 7.16. The number of hydrogen-bond donors (Lipinski definition) is 0. The zero-order valence-electron chi connectivity index (χ0n) is 12.3. The molecule has 0 unspecified atom stereocenters. The van der Waals surface area contributed by atoms with Crippen LogP contribution in [0.25, 0.3) is 20.7 Å². The van der Waals surface area contributed by atoms with Crippen LogP contribution in [0, 0.1) is 0 Å². The lowest BCUT2D eigenvalue weighted by molar-refractivity contribution is 0.0433.